The molecule has 0 aliphatic carbocycles. The number of nitriles is 1. The first-order valence-corrected chi connectivity index (χ1v) is 7.29. The highest BCUT2D eigenvalue weighted by molar-refractivity contribution is 7.14. The Morgan fingerprint density at radius 1 is 1.48 bits per heavy atom. The average Bonchev–Trinajstić information content (AvgIpc) is 2.85. The lowest BCUT2D eigenvalue weighted by Crippen LogP contribution is -3.08. The summed E-state index contributed by atoms with van der Waals surface area (Å²) in [7, 11) is 1.87. The number of hydrogen-bond acceptors (Lipinski definition) is 3. The van der Waals surface area contributed by atoms with E-state index in [9.17, 15) is 9.18 Å². The van der Waals surface area contributed by atoms with Gasteiger partial charge in [0.1, 0.15) is 23.4 Å². The van der Waals surface area contributed by atoms with Crippen molar-refractivity contribution >= 4 is 22.2 Å². The number of quaternary nitrogens is 1. The highest BCUT2D eigenvalue weighted by atomic mass is 32.1. The molecule has 2 N–H and O–H groups in total. The highest BCUT2D eigenvalue weighted by Crippen LogP contribution is 2.21. The molecule has 6 heteroatoms. The maximum absolute atomic E-state index is 13.1. The first-order valence-electron chi connectivity index (χ1n) is 6.41. The summed E-state index contributed by atoms with van der Waals surface area (Å²) in [5.74, 6) is -0.440. The van der Waals surface area contributed by atoms with E-state index < -0.39 is 0 Å². The molecule has 2 aromatic rings. The molecular weight excluding hydrogens is 289 g/mol. The SMILES string of the molecule is C[NH+](CC(=O)Nc1sccc1C#N)Cc1cccc(F)c1. The van der Waals surface area contributed by atoms with Gasteiger partial charge in [-0.3, -0.25) is 4.79 Å². The molecule has 0 bridgehead atoms. The van der Waals surface area contributed by atoms with Gasteiger partial charge in [-0.1, -0.05) is 12.1 Å². The molecule has 1 heterocycles. The van der Waals surface area contributed by atoms with Crippen molar-refractivity contribution < 1.29 is 14.1 Å². The van der Waals surface area contributed by atoms with Crippen LogP contribution in [-0.4, -0.2) is 19.5 Å². The Labute approximate surface area is 126 Å². The minimum atomic E-state index is -0.276. The number of rotatable bonds is 5. The van der Waals surface area contributed by atoms with Crippen molar-refractivity contribution in [3.63, 3.8) is 0 Å². The van der Waals surface area contributed by atoms with Crippen LogP contribution in [0.15, 0.2) is 35.7 Å². The maximum Gasteiger partial charge on any atom is 0.280 e. The molecule has 0 saturated heterocycles. The summed E-state index contributed by atoms with van der Waals surface area (Å²) in [6.07, 6.45) is 0. The summed E-state index contributed by atoms with van der Waals surface area (Å²) in [5.41, 5.74) is 1.31. The number of nitrogens with zero attached hydrogens (tertiary/aromatic N) is 1. The van der Waals surface area contributed by atoms with Gasteiger partial charge < -0.3 is 10.2 Å². The molecule has 1 amide bonds. The molecule has 0 aliphatic heterocycles. The van der Waals surface area contributed by atoms with Gasteiger partial charge in [-0.25, -0.2) is 4.39 Å². The Morgan fingerprint density at radius 2 is 2.29 bits per heavy atom. The molecule has 0 spiro atoms. The van der Waals surface area contributed by atoms with E-state index >= 15 is 0 Å². The fourth-order valence-corrected chi connectivity index (χ4v) is 2.75. The summed E-state index contributed by atoms with van der Waals surface area (Å²) in [4.78, 5) is 12.9. The van der Waals surface area contributed by atoms with Crippen LogP contribution < -0.4 is 10.2 Å². The smallest absolute Gasteiger partial charge is 0.280 e. The van der Waals surface area contributed by atoms with Gasteiger partial charge in [-0.2, -0.15) is 5.26 Å². The molecule has 1 aromatic carbocycles. The molecular formula is C15H15FN3OS+. The predicted molar refractivity (Wildman–Crippen MR) is 79.5 cm³/mol. The summed E-state index contributed by atoms with van der Waals surface area (Å²) in [5, 5.41) is 14.0. The number of anilines is 1. The minimum Gasteiger partial charge on any atom is -0.326 e. The van der Waals surface area contributed by atoms with E-state index in [0.29, 0.717) is 17.1 Å². The van der Waals surface area contributed by atoms with Crippen LogP contribution in [0.4, 0.5) is 9.39 Å². The first-order chi connectivity index (χ1) is 10.1. The van der Waals surface area contributed by atoms with E-state index in [0.717, 1.165) is 10.5 Å². The number of halogens is 1. The molecule has 0 aliphatic rings. The van der Waals surface area contributed by atoms with Crippen molar-refractivity contribution in [2.24, 2.45) is 0 Å². The van der Waals surface area contributed by atoms with Crippen molar-refractivity contribution in [1.82, 2.24) is 0 Å². The van der Waals surface area contributed by atoms with Crippen molar-refractivity contribution in [1.29, 1.82) is 5.26 Å². The van der Waals surface area contributed by atoms with E-state index in [1.54, 1.807) is 17.5 Å². The second kappa shape index (κ2) is 6.97. The molecule has 1 atom stereocenters. The van der Waals surface area contributed by atoms with Gasteiger partial charge in [0.05, 0.1) is 12.6 Å². The van der Waals surface area contributed by atoms with Crippen molar-refractivity contribution in [3.8, 4) is 6.07 Å². The van der Waals surface area contributed by atoms with E-state index in [-0.39, 0.29) is 18.3 Å². The third-order valence-corrected chi connectivity index (χ3v) is 3.73. The number of carbonyl (C=O) groups is 1. The molecule has 21 heavy (non-hydrogen) atoms. The Kier molecular flexibility index (Phi) is 5.04. The fourth-order valence-electron chi connectivity index (χ4n) is 2.00. The lowest BCUT2D eigenvalue weighted by Gasteiger charge is -2.13. The van der Waals surface area contributed by atoms with Crippen LogP contribution in [0.25, 0.3) is 0 Å². The van der Waals surface area contributed by atoms with Crippen LogP contribution in [0.1, 0.15) is 11.1 Å². The Bertz CT molecular complexity index is 678. The molecule has 4 nitrogen and oxygen atoms in total. The topological polar surface area (TPSA) is 57.3 Å². The largest absolute Gasteiger partial charge is 0.326 e. The number of nitrogens with one attached hydrogen (secondary N) is 2. The zero-order valence-electron chi connectivity index (χ0n) is 11.5. The van der Waals surface area contributed by atoms with Gasteiger partial charge in [0.25, 0.3) is 5.91 Å². The number of benzene rings is 1. The Balaban J connectivity index is 1.89. The second-order valence-corrected chi connectivity index (χ2v) is 5.68. The lowest BCUT2D eigenvalue weighted by molar-refractivity contribution is -0.885. The van der Waals surface area contributed by atoms with Gasteiger partial charge in [0.15, 0.2) is 6.54 Å². The van der Waals surface area contributed by atoms with Crippen molar-refractivity contribution in [2.75, 3.05) is 18.9 Å². The zero-order chi connectivity index (χ0) is 15.2. The minimum absolute atomic E-state index is 0.164. The standard InChI is InChI=1S/C15H14FN3OS/c1-19(9-11-3-2-4-13(16)7-11)10-14(20)18-15-12(8-17)5-6-21-15/h2-7H,9-10H2,1H3,(H,18,20)/p+1. The average molecular weight is 304 g/mol. The van der Waals surface area contributed by atoms with Gasteiger partial charge >= 0.3 is 0 Å². The van der Waals surface area contributed by atoms with Crippen LogP contribution in [0.5, 0.6) is 0 Å². The van der Waals surface area contributed by atoms with E-state index in [1.165, 1.54) is 23.5 Å². The first kappa shape index (κ1) is 15.2. The van der Waals surface area contributed by atoms with Crippen LogP contribution in [0.3, 0.4) is 0 Å². The predicted octanol–water partition coefficient (Wildman–Crippen LogP) is 1.41. The third-order valence-electron chi connectivity index (χ3n) is 2.90. The second-order valence-electron chi connectivity index (χ2n) is 4.76. The molecule has 0 saturated carbocycles. The van der Waals surface area contributed by atoms with Crippen molar-refractivity contribution in [3.05, 3.63) is 52.7 Å². The van der Waals surface area contributed by atoms with Crippen LogP contribution in [-0.2, 0) is 11.3 Å². The molecule has 0 fully saturated rings. The molecule has 1 unspecified atom stereocenters. The molecule has 2 rings (SSSR count). The summed E-state index contributed by atoms with van der Waals surface area (Å²) >= 11 is 1.32. The Morgan fingerprint density at radius 3 is 3.00 bits per heavy atom. The van der Waals surface area contributed by atoms with Crippen LogP contribution in [0, 0.1) is 17.1 Å². The number of carbonyl (C=O) groups excluding carboxylic acids is 1. The third kappa shape index (κ3) is 4.38. The molecule has 1 aromatic heterocycles. The highest BCUT2D eigenvalue weighted by Gasteiger charge is 2.13. The molecule has 0 radical (unpaired) electrons. The zero-order valence-corrected chi connectivity index (χ0v) is 12.3. The summed E-state index contributed by atoms with van der Waals surface area (Å²) < 4.78 is 13.1. The van der Waals surface area contributed by atoms with Gasteiger partial charge in [0.2, 0.25) is 0 Å². The number of thiophene rings is 1. The van der Waals surface area contributed by atoms with Gasteiger partial charge in [-0.15, -0.1) is 11.3 Å². The number of hydrogen-bond donors (Lipinski definition) is 2. The Hall–Kier alpha value is -2.23. The van der Waals surface area contributed by atoms with Crippen LogP contribution >= 0.6 is 11.3 Å². The van der Waals surface area contributed by atoms with Gasteiger partial charge in [-0.05, 0) is 23.6 Å². The van der Waals surface area contributed by atoms with E-state index in [1.807, 2.05) is 19.2 Å². The van der Waals surface area contributed by atoms with E-state index in [4.69, 9.17) is 5.26 Å². The normalized spacial score (nSPS) is 11.7. The number of likely N-dealkylation sites (N-methyl/N-ethyl adjacent to an activating group) is 1. The fraction of sp³-hybridized carbons (Fsp3) is 0.200. The van der Waals surface area contributed by atoms with Crippen LogP contribution in [0.2, 0.25) is 0 Å². The lowest BCUT2D eigenvalue weighted by atomic mass is 10.2. The number of amides is 1. The van der Waals surface area contributed by atoms with Gasteiger partial charge in [0, 0.05) is 5.56 Å². The summed E-state index contributed by atoms with van der Waals surface area (Å²) in [6.45, 7) is 0.806. The molecule has 108 valence electrons. The quantitative estimate of drug-likeness (QED) is 0.877. The van der Waals surface area contributed by atoms with E-state index in [2.05, 4.69) is 5.32 Å². The summed E-state index contributed by atoms with van der Waals surface area (Å²) in [6, 6.07) is 10.0. The maximum atomic E-state index is 13.1. The monoisotopic (exact) mass is 304 g/mol. The van der Waals surface area contributed by atoms with Crippen molar-refractivity contribution in [2.45, 2.75) is 6.54 Å².